The number of anilines is 1. The molecule has 3 aromatic carbocycles. The maximum atomic E-state index is 13.2. The highest BCUT2D eigenvalue weighted by molar-refractivity contribution is 5.94. The van der Waals surface area contributed by atoms with Gasteiger partial charge < -0.3 is 15.7 Å². The minimum atomic E-state index is -0.138. The van der Waals surface area contributed by atoms with E-state index in [0.717, 1.165) is 48.1 Å². The molecule has 3 aromatic rings. The summed E-state index contributed by atoms with van der Waals surface area (Å²) in [6.07, 6.45) is 7.40. The lowest BCUT2D eigenvalue weighted by molar-refractivity contribution is -0.0127. The molecule has 4 fully saturated rings. The van der Waals surface area contributed by atoms with Gasteiger partial charge in [-0.05, 0) is 79.5 Å². The van der Waals surface area contributed by atoms with Crippen molar-refractivity contribution in [3.8, 4) is 28.0 Å². The molecule has 4 bridgehead atoms. The van der Waals surface area contributed by atoms with Crippen LogP contribution >= 0.6 is 0 Å². The molecule has 0 radical (unpaired) electrons. The number of hydrogen-bond acceptors (Lipinski definition) is 2. The zero-order chi connectivity index (χ0) is 22.4. The number of aromatic hydroxyl groups is 1. The molecule has 4 aliphatic carbocycles. The minimum absolute atomic E-state index is 0.0414. The van der Waals surface area contributed by atoms with Crippen LogP contribution in [0.15, 0.2) is 72.8 Å². The topological polar surface area (TPSA) is 61.4 Å². The summed E-state index contributed by atoms with van der Waals surface area (Å²) < 4.78 is 0. The standard InChI is InChI=1S/C29H30N2O2/c32-27-25(22-7-3-1-4-8-22)14-24(15-26(27)23-9-5-2-6-10-23)30-28(33)31-29-16-19-11-20(17-29)13-21(12-19)18-29/h1-10,14-15,19-21,32H,11-13,16-18H2,(H2,30,31,33). The van der Waals surface area contributed by atoms with E-state index >= 15 is 0 Å². The Balaban J connectivity index is 1.31. The zero-order valence-corrected chi connectivity index (χ0v) is 18.8. The molecule has 33 heavy (non-hydrogen) atoms. The van der Waals surface area contributed by atoms with E-state index in [4.69, 9.17) is 0 Å². The summed E-state index contributed by atoms with van der Waals surface area (Å²) in [5.41, 5.74) is 3.90. The van der Waals surface area contributed by atoms with Crippen LogP contribution in [0.3, 0.4) is 0 Å². The van der Waals surface area contributed by atoms with Crippen LogP contribution in [0.4, 0.5) is 10.5 Å². The van der Waals surface area contributed by atoms with Gasteiger partial charge in [-0.1, -0.05) is 60.7 Å². The number of phenolic OH excluding ortho intramolecular Hbond substituents is 1. The molecule has 4 nitrogen and oxygen atoms in total. The molecular weight excluding hydrogens is 408 g/mol. The quantitative estimate of drug-likeness (QED) is 0.392. The van der Waals surface area contributed by atoms with Gasteiger partial charge in [0.15, 0.2) is 0 Å². The fourth-order valence-corrected chi connectivity index (χ4v) is 7.05. The Bertz CT molecular complexity index is 1080. The third-order valence-corrected chi connectivity index (χ3v) is 7.95. The van der Waals surface area contributed by atoms with E-state index in [1.807, 2.05) is 72.8 Å². The van der Waals surface area contributed by atoms with Crippen LogP contribution in [0.25, 0.3) is 22.3 Å². The van der Waals surface area contributed by atoms with Gasteiger partial charge >= 0.3 is 6.03 Å². The predicted octanol–water partition coefficient (Wildman–Crippen LogP) is 6.82. The van der Waals surface area contributed by atoms with Crippen LogP contribution in [-0.4, -0.2) is 16.7 Å². The number of phenols is 1. The SMILES string of the molecule is O=C(Nc1cc(-c2ccccc2)c(O)c(-c2ccccc2)c1)NC12CC3CC(CC(C3)C1)C2. The Labute approximate surface area is 195 Å². The summed E-state index contributed by atoms with van der Waals surface area (Å²) in [7, 11) is 0. The highest BCUT2D eigenvalue weighted by atomic mass is 16.3. The van der Waals surface area contributed by atoms with Crippen molar-refractivity contribution >= 4 is 11.7 Å². The molecule has 0 atom stereocenters. The van der Waals surface area contributed by atoms with Crippen molar-refractivity contribution in [3.05, 3.63) is 72.8 Å². The van der Waals surface area contributed by atoms with Crippen molar-refractivity contribution in [2.45, 2.75) is 44.1 Å². The summed E-state index contributed by atoms with van der Waals surface area (Å²) in [5, 5.41) is 17.6. The van der Waals surface area contributed by atoms with Crippen molar-refractivity contribution < 1.29 is 9.90 Å². The molecule has 7 rings (SSSR count). The van der Waals surface area contributed by atoms with E-state index in [1.165, 1.54) is 19.3 Å². The number of carbonyl (C=O) groups is 1. The molecule has 4 aliphatic rings. The van der Waals surface area contributed by atoms with Gasteiger partial charge in [0.25, 0.3) is 0 Å². The molecule has 0 spiro atoms. The van der Waals surface area contributed by atoms with E-state index < -0.39 is 0 Å². The smallest absolute Gasteiger partial charge is 0.319 e. The van der Waals surface area contributed by atoms with Gasteiger partial charge in [0.1, 0.15) is 5.75 Å². The molecule has 2 amide bonds. The second-order valence-corrected chi connectivity index (χ2v) is 10.4. The molecule has 3 N–H and O–H groups in total. The van der Waals surface area contributed by atoms with Gasteiger partial charge in [0.2, 0.25) is 0 Å². The van der Waals surface area contributed by atoms with E-state index in [-0.39, 0.29) is 17.3 Å². The number of hydrogen-bond donors (Lipinski definition) is 3. The van der Waals surface area contributed by atoms with Gasteiger partial charge in [-0.2, -0.15) is 0 Å². The normalized spacial score (nSPS) is 27.3. The largest absolute Gasteiger partial charge is 0.507 e. The summed E-state index contributed by atoms with van der Waals surface area (Å²) in [5.74, 6) is 2.55. The lowest BCUT2D eigenvalue weighted by atomic mass is 9.53. The van der Waals surface area contributed by atoms with Crippen molar-refractivity contribution in [2.24, 2.45) is 17.8 Å². The molecule has 0 saturated heterocycles. The molecule has 168 valence electrons. The van der Waals surface area contributed by atoms with Crippen LogP contribution in [-0.2, 0) is 0 Å². The lowest BCUT2D eigenvalue weighted by Gasteiger charge is -2.56. The number of nitrogens with one attached hydrogen (secondary N) is 2. The van der Waals surface area contributed by atoms with Crippen molar-refractivity contribution in [3.63, 3.8) is 0 Å². The summed E-state index contributed by atoms with van der Waals surface area (Å²) in [6.45, 7) is 0. The van der Waals surface area contributed by atoms with Crippen LogP contribution < -0.4 is 10.6 Å². The van der Waals surface area contributed by atoms with E-state index in [1.54, 1.807) is 0 Å². The Morgan fingerprint density at radius 3 is 1.67 bits per heavy atom. The number of benzene rings is 3. The summed E-state index contributed by atoms with van der Waals surface area (Å²) in [4.78, 5) is 13.2. The van der Waals surface area contributed by atoms with Gasteiger partial charge in [-0.15, -0.1) is 0 Å². The number of amides is 2. The number of urea groups is 1. The first kappa shape index (κ1) is 20.3. The molecule has 0 aliphatic heterocycles. The molecular formula is C29H30N2O2. The van der Waals surface area contributed by atoms with Gasteiger partial charge in [-0.3, -0.25) is 0 Å². The summed E-state index contributed by atoms with van der Waals surface area (Å²) >= 11 is 0. The van der Waals surface area contributed by atoms with Crippen molar-refractivity contribution in [1.82, 2.24) is 5.32 Å². The molecule has 4 heteroatoms. The summed E-state index contributed by atoms with van der Waals surface area (Å²) in [6, 6.07) is 23.2. The first-order valence-electron chi connectivity index (χ1n) is 12.1. The van der Waals surface area contributed by atoms with Crippen LogP contribution in [0.1, 0.15) is 38.5 Å². The lowest BCUT2D eigenvalue weighted by Crippen LogP contribution is -2.60. The Hall–Kier alpha value is -3.27. The van der Waals surface area contributed by atoms with Crippen LogP contribution in [0.5, 0.6) is 5.75 Å². The Morgan fingerprint density at radius 1 is 0.758 bits per heavy atom. The van der Waals surface area contributed by atoms with E-state index in [9.17, 15) is 9.90 Å². The Kier molecular flexibility index (Phi) is 4.90. The first-order valence-corrected chi connectivity index (χ1v) is 12.1. The second-order valence-electron chi connectivity index (χ2n) is 10.4. The number of rotatable bonds is 4. The average Bonchev–Trinajstić information content (AvgIpc) is 2.80. The molecule has 0 heterocycles. The minimum Gasteiger partial charge on any atom is -0.507 e. The number of carbonyl (C=O) groups excluding carboxylic acids is 1. The third-order valence-electron chi connectivity index (χ3n) is 7.95. The van der Waals surface area contributed by atoms with E-state index in [2.05, 4.69) is 10.6 Å². The van der Waals surface area contributed by atoms with Gasteiger partial charge in [0, 0.05) is 22.4 Å². The van der Waals surface area contributed by atoms with Crippen LogP contribution in [0.2, 0.25) is 0 Å². The average molecular weight is 439 g/mol. The third kappa shape index (κ3) is 3.88. The highest BCUT2D eigenvalue weighted by Crippen LogP contribution is 2.55. The highest BCUT2D eigenvalue weighted by Gasteiger charge is 2.51. The van der Waals surface area contributed by atoms with E-state index in [0.29, 0.717) is 16.8 Å². The van der Waals surface area contributed by atoms with Crippen LogP contribution in [0, 0.1) is 17.8 Å². The fraction of sp³-hybridized carbons (Fsp3) is 0.345. The molecule has 0 aromatic heterocycles. The zero-order valence-electron chi connectivity index (χ0n) is 18.8. The predicted molar refractivity (Wildman–Crippen MR) is 132 cm³/mol. The maximum Gasteiger partial charge on any atom is 0.319 e. The monoisotopic (exact) mass is 438 g/mol. The van der Waals surface area contributed by atoms with Gasteiger partial charge in [0.05, 0.1) is 0 Å². The second kappa shape index (κ2) is 7.95. The fourth-order valence-electron chi connectivity index (χ4n) is 7.05. The molecule has 4 saturated carbocycles. The van der Waals surface area contributed by atoms with Gasteiger partial charge in [-0.25, -0.2) is 4.79 Å². The maximum absolute atomic E-state index is 13.2. The molecule has 0 unspecified atom stereocenters. The van der Waals surface area contributed by atoms with Crippen molar-refractivity contribution in [2.75, 3.05) is 5.32 Å². The Morgan fingerprint density at radius 2 is 1.21 bits per heavy atom. The first-order chi connectivity index (χ1) is 16.1. The van der Waals surface area contributed by atoms with Crippen molar-refractivity contribution in [1.29, 1.82) is 0 Å².